The molecule has 0 saturated heterocycles. The summed E-state index contributed by atoms with van der Waals surface area (Å²) in [6, 6.07) is 15.9. The molecule has 172 valence electrons. The van der Waals surface area contributed by atoms with Gasteiger partial charge in [0.1, 0.15) is 23.0 Å². The molecule has 0 spiro atoms. The van der Waals surface area contributed by atoms with Gasteiger partial charge in [0.25, 0.3) is 23.6 Å². The molecule has 0 N–H and O–H groups in total. The highest BCUT2D eigenvalue weighted by atomic mass is 16.5. The van der Waals surface area contributed by atoms with Crippen LogP contribution in [0.15, 0.2) is 82.0 Å². The Balaban J connectivity index is 1.23. The van der Waals surface area contributed by atoms with E-state index in [2.05, 4.69) is 0 Å². The van der Waals surface area contributed by atoms with Gasteiger partial charge in [-0.25, -0.2) is 0 Å². The van der Waals surface area contributed by atoms with Crippen molar-refractivity contribution in [3.8, 4) is 11.5 Å². The van der Waals surface area contributed by atoms with Crippen LogP contribution in [-0.2, 0) is 13.1 Å². The second-order valence-electron chi connectivity index (χ2n) is 8.07. The Morgan fingerprint density at radius 1 is 0.571 bits per heavy atom. The van der Waals surface area contributed by atoms with Crippen molar-refractivity contribution in [2.75, 3.05) is 0 Å². The number of carbonyl (C=O) groups excluding carboxylic acids is 4. The van der Waals surface area contributed by atoms with Crippen molar-refractivity contribution >= 4 is 23.6 Å². The van der Waals surface area contributed by atoms with Crippen molar-refractivity contribution in [2.45, 2.75) is 13.1 Å². The first-order chi connectivity index (χ1) is 17.0. The van der Waals surface area contributed by atoms with Crippen LogP contribution in [0.5, 0.6) is 11.5 Å². The lowest BCUT2D eigenvalue weighted by Crippen LogP contribution is -2.28. The maximum Gasteiger partial charge on any atom is 0.262 e. The molecule has 4 aromatic rings. The molecular weight excluding hydrogens is 452 g/mol. The minimum atomic E-state index is -0.449. The van der Waals surface area contributed by atoms with E-state index in [1.807, 2.05) is 0 Å². The summed E-state index contributed by atoms with van der Waals surface area (Å²) in [7, 11) is 0. The number of hydrogen-bond acceptors (Lipinski definition) is 7. The van der Waals surface area contributed by atoms with Crippen LogP contribution in [0.2, 0.25) is 0 Å². The third-order valence-electron chi connectivity index (χ3n) is 5.91. The van der Waals surface area contributed by atoms with E-state index in [1.54, 1.807) is 36.4 Å². The number of ether oxygens (including phenoxy) is 1. The molecule has 2 aromatic heterocycles. The molecule has 2 aromatic carbocycles. The average molecular weight is 468 g/mol. The maximum absolute atomic E-state index is 12.8. The van der Waals surface area contributed by atoms with E-state index in [-0.39, 0.29) is 35.3 Å². The lowest BCUT2D eigenvalue weighted by Gasteiger charge is -2.11. The molecule has 0 saturated carbocycles. The van der Waals surface area contributed by atoms with Gasteiger partial charge < -0.3 is 13.6 Å². The van der Waals surface area contributed by atoms with E-state index in [4.69, 9.17) is 13.6 Å². The molecule has 4 heterocycles. The van der Waals surface area contributed by atoms with E-state index in [0.717, 1.165) is 9.80 Å². The van der Waals surface area contributed by atoms with Gasteiger partial charge in [0, 0.05) is 0 Å². The first kappa shape index (κ1) is 20.7. The summed E-state index contributed by atoms with van der Waals surface area (Å²) in [5, 5.41) is 0. The van der Waals surface area contributed by atoms with Crippen molar-refractivity contribution < 1.29 is 32.7 Å². The number of rotatable bonds is 6. The molecule has 0 atom stereocenters. The maximum atomic E-state index is 12.8. The Morgan fingerprint density at radius 3 is 1.40 bits per heavy atom. The molecule has 4 amide bonds. The highest BCUT2D eigenvalue weighted by Gasteiger charge is 2.37. The topological polar surface area (TPSA) is 110 Å². The zero-order valence-electron chi connectivity index (χ0n) is 18.1. The minimum absolute atomic E-state index is 0.0327. The molecule has 9 heteroatoms. The first-order valence-electron chi connectivity index (χ1n) is 10.7. The van der Waals surface area contributed by atoms with Gasteiger partial charge in [0.2, 0.25) is 0 Å². The lowest BCUT2D eigenvalue weighted by atomic mass is 10.1. The Bertz CT molecular complexity index is 1390. The van der Waals surface area contributed by atoms with Crippen LogP contribution in [0, 0.1) is 0 Å². The Morgan fingerprint density at radius 2 is 1.00 bits per heavy atom. The second kappa shape index (κ2) is 7.84. The fraction of sp³-hybridized carbons (Fsp3) is 0.0769. The Kier molecular flexibility index (Phi) is 4.63. The molecule has 35 heavy (non-hydrogen) atoms. The zero-order valence-corrected chi connectivity index (χ0v) is 18.1. The van der Waals surface area contributed by atoms with Crippen LogP contribution < -0.4 is 4.74 Å². The molecule has 0 unspecified atom stereocenters. The van der Waals surface area contributed by atoms with Gasteiger partial charge in [-0.1, -0.05) is 0 Å². The number of hydrogen-bond donors (Lipinski definition) is 0. The predicted octanol–water partition coefficient (Wildman–Crippen LogP) is 4.26. The largest absolute Gasteiger partial charge is 0.467 e. The molecule has 0 fully saturated rings. The molecular formula is C26H16N2O7. The van der Waals surface area contributed by atoms with Gasteiger partial charge in [-0.05, 0) is 60.7 Å². The summed E-state index contributed by atoms with van der Waals surface area (Å²) in [6.45, 7) is 0.0655. The van der Waals surface area contributed by atoms with E-state index < -0.39 is 23.6 Å². The summed E-state index contributed by atoms with van der Waals surface area (Å²) in [5.41, 5.74) is 0.988. The van der Waals surface area contributed by atoms with Gasteiger partial charge >= 0.3 is 0 Å². The minimum Gasteiger partial charge on any atom is -0.467 e. The fourth-order valence-corrected chi connectivity index (χ4v) is 4.21. The number of fused-ring (bicyclic) bond motifs is 2. The summed E-state index contributed by atoms with van der Waals surface area (Å²) >= 11 is 0. The molecule has 0 radical (unpaired) electrons. The first-order valence-corrected chi connectivity index (χ1v) is 10.7. The van der Waals surface area contributed by atoms with Crippen LogP contribution in [0.25, 0.3) is 0 Å². The van der Waals surface area contributed by atoms with Crippen molar-refractivity contribution in [2.24, 2.45) is 0 Å². The monoisotopic (exact) mass is 468 g/mol. The summed E-state index contributed by atoms with van der Waals surface area (Å²) < 4.78 is 16.4. The highest BCUT2D eigenvalue weighted by molar-refractivity contribution is 6.22. The molecule has 0 bridgehead atoms. The number of imide groups is 2. The van der Waals surface area contributed by atoms with E-state index in [0.29, 0.717) is 23.0 Å². The van der Waals surface area contributed by atoms with Gasteiger partial charge in [-0.3, -0.25) is 29.0 Å². The standard InChI is InChI=1S/C26H16N2O7/c29-23-19-7-5-15(11-21(19)25(31)27(23)13-17-3-1-9-33-17)35-16-6-8-20-22(12-16)26(32)28(24(20)30)14-18-4-2-10-34-18/h1-12H,13-14H2. The van der Waals surface area contributed by atoms with Crippen LogP contribution >= 0.6 is 0 Å². The zero-order chi connectivity index (χ0) is 24.1. The molecule has 0 aliphatic carbocycles. The third kappa shape index (κ3) is 3.41. The number of nitrogens with zero attached hydrogens (tertiary/aromatic N) is 2. The number of amides is 4. The SMILES string of the molecule is O=C1c2ccc(Oc3ccc4c(c3)C(=O)N(Cc3ccco3)C4=O)cc2C(=O)N1Cc1ccco1. The van der Waals surface area contributed by atoms with Crippen LogP contribution in [0.4, 0.5) is 0 Å². The quantitative estimate of drug-likeness (QED) is 0.389. The predicted molar refractivity (Wildman–Crippen MR) is 119 cm³/mol. The van der Waals surface area contributed by atoms with Gasteiger partial charge in [-0.2, -0.15) is 0 Å². The lowest BCUT2D eigenvalue weighted by molar-refractivity contribution is 0.0617. The smallest absolute Gasteiger partial charge is 0.262 e. The second-order valence-corrected chi connectivity index (χ2v) is 8.07. The van der Waals surface area contributed by atoms with Crippen molar-refractivity contribution in [3.05, 3.63) is 107 Å². The van der Waals surface area contributed by atoms with Gasteiger partial charge in [0.05, 0.1) is 47.9 Å². The van der Waals surface area contributed by atoms with Crippen molar-refractivity contribution in [1.29, 1.82) is 0 Å². The number of furan rings is 2. The normalized spacial score (nSPS) is 14.6. The molecule has 6 rings (SSSR count). The van der Waals surface area contributed by atoms with Crippen molar-refractivity contribution in [3.63, 3.8) is 0 Å². The summed E-state index contributed by atoms with van der Waals surface area (Å²) in [6.07, 6.45) is 2.95. The van der Waals surface area contributed by atoms with E-state index in [1.165, 1.54) is 36.8 Å². The Hall–Kier alpha value is -4.92. The highest BCUT2D eigenvalue weighted by Crippen LogP contribution is 2.33. The Labute approximate surface area is 198 Å². The molecule has 9 nitrogen and oxygen atoms in total. The van der Waals surface area contributed by atoms with Crippen molar-refractivity contribution in [1.82, 2.24) is 9.80 Å². The number of carbonyl (C=O) groups is 4. The van der Waals surface area contributed by atoms with Gasteiger partial charge in [-0.15, -0.1) is 0 Å². The summed E-state index contributed by atoms with van der Waals surface area (Å²) in [5.74, 6) is -0.102. The average Bonchev–Trinajstić information content (AvgIpc) is 3.65. The van der Waals surface area contributed by atoms with Crippen LogP contribution in [0.3, 0.4) is 0 Å². The molecule has 2 aliphatic rings. The van der Waals surface area contributed by atoms with Gasteiger partial charge in [0.15, 0.2) is 0 Å². The van der Waals surface area contributed by atoms with Crippen LogP contribution in [-0.4, -0.2) is 33.4 Å². The summed E-state index contributed by atoms with van der Waals surface area (Å²) in [4.78, 5) is 53.3. The fourth-order valence-electron chi connectivity index (χ4n) is 4.21. The third-order valence-corrected chi connectivity index (χ3v) is 5.91. The van der Waals surface area contributed by atoms with E-state index in [9.17, 15) is 19.2 Å². The van der Waals surface area contributed by atoms with Crippen LogP contribution in [0.1, 0.15) is 53.0 Å². The van der Waals surface area contributed by atoms with E-state index >= 15 is 0 Å². The number of benzene rings is 2. The molecule has 2 aliphatic heterocycles.